The van der Waals surface area contributed by atoms with Crippen LogP contribution in [-0.4, -0.2) is 23.5 Å². The predicted molar refractivity (Wildman–Crippen MR) is 72.8 cm³/mol. The number of aliphatic hydroxyl groups excluding tert-OH is 1. The van der Waals surface area contributed by atoms with Crippen molar-refractivity contribution in [3.63, 3.8) is 0 Å². The number of allylic oxidation sites excluding steroid dienone is 2. The lowest BCUT2D eigenvalue weighted by Crippen LogP contribution is -2.14. The Hall–Kier alpha value is -2.57. The highest BCUT2D eigenvalue weighted by Gasteiger charge is 2.29. The molecule has 0 bridgehead atoms. The Morgan fingerprint density at radius 2 is 1.82 bits per heavy atom. The quantitative estimate of drug-likeness (QED) is 0.298. The lowest BCUT2D eigenvalue weighted by atomic mass is 10.1. The van der Waals surface area contributed by atoms with Crippen molar-refractivity contribution < 1.29 is 32.6 Å². The second kappa shape index (κ2) is 7.44. The summed E-state index contributed by atoms with van der Waals surface area (Å²) < 4.78 is 41.6. The predicted octanol–water partition coefficient (Wildman–Crippen LogP) is 3.29. The second-order valence-electron chi connectivity index (χ2n) is 4.07. The van der Waals surface area contributed by atoms with E-state index in [1.165, 1.54) is 0 Å². The molecule has 0 spiro atoms. The third kappa shape index (κ3) is 5.08. The summed E-state index contributed by atoms with van der Waals surface area (Å²) in [7, 11) is 0. The van der Waals surface area contributed by atoms with Gasteiger partial charge in [-0.1, -0.05) is 18.2 Å². The molecule has 7 heteroatoms. The molecule has 0 aliphatic rings. The number of ether oxygens (including phenoxy) is 1. The molecule has 1 N–H and O–H groups in total. The summed E-state index contributed by atoms with van der Waals surface area (Å²) in [5, 5.41) is 9.67. The van der Waals surface area contributed by atoms with Gasteiger partial charge >= 0.3 is 12.1 Å². The second-order valence-corrected chi connectivity index (χ2v) is 4.07. The van der Waals surface area contributed by atoms with Crippen LogP contribution in [0, 0.1) is 0 Å². The van der Waals surface area contributed by atoms with E-state index in [2.05, 4.69) is 4.74 Å². The van der Waals surface area contributed by atoms with Crippen molar-refractivity contribution in [1.29, 1.82) is 0 Å². The fraction of sp³-hybridized carbons (Fsp3) is 0.200. The Kier molecular flexibility index (Phi) is 5.91. The number of halogens is 3. The van der Waals surface area contributed by atoms with Crippen molar-refractivity contribution in [2.24, 2.45) is 0 Å². The molecule has 4 nitrogen and oxygen atoms in total. The fourth-order valence-corrected chi connectivity index (χ4v) is 1.42. The zero-order valence-corrected chi connectivity index (χ0v) is 11.6. The molecular formula is C15H13F3O4. The van der Waals surface area contributed by atoms with Gasteiger partial charge in [-0.15, -0.1) is 0 Å². The monoisotopic (exact) mass is 314 g/mol. The third-order valence-corrected chi connectivity index (χ3v) is 2.49. The van der Waals surface area contributed by atoms with Crippen molar-refractivity contribution in [3.8, 4) is 0 Å². The molecule has 0 atom stereocenters. The van der Waals surface area contributed by atoms with E-state index in [4.69, 9.17) is 0 Å². The number of benzene rings is 1. The van der Waals surface area contributed by atoms with Crippen LogP contribution < -0.4 is 0 Å². The smallest absolute Gasteiger partial charge is 0.416 e. The van der Waals surface area contributed by atoms with Gasteiger partial charge in [-0.05, 0) is 31.2 Å². The van der Waals surface area contributed by atoms with Gasteiger partial charge < -0.3 is 9.84 Å². The Morgan fingerprint density at radius 1 is 1.23 bits per heavy atom. The van der Waals surface area contributed by atoms with Gasteiger partial charge in [0, 0.05) is 5.56 Å². The van der Waals surface area contributed by atoms with Gasteiger partial charge in [-0.25, -0.2) is 4.79 Å². The van der Waals surface area contributed by atoms with E-state index in [0.29, 0.717) is 0 Å². The molecule has 0 aliphatic heterocycles. The Morgan fingerprint density at radius 3 is 2.32 bits per heavy atom. The van der Waals surface area contributed by atoms with Crippen LogP contribution >= 0.6 is 0 Å². The maximum absolute atomic E-state index is 12.4. The summed E-state index contributed by atoms with van der Waals surface area (Å²) in [6, 6.07) is 3.84. The van der Waals surface area contributed by atoms with Crippen LogP contribution in [0.4, 0.5) is 13.2 Å². The minimum atomic E-state index is -4.45. The molecule has 0 saturated heterocycles. The lowest BCUT2D eigenvalue weighted by Gasteiger charge is -2.07. The molecule has 0 aliphatic carbocycles. The zero-order valence-electron chi connectivity index (χ0n) is 11.6. The maximum atomic E-state index is 12.4. The van der Waals surface area contributed by atoms with Crippen molar-refractivity contribution in [1.82, 2.24) is 0 Å². The molecule has 0 aromatic heterocycles. The van der Waals surface area contributed by atoms with E-state index in [9.17, 15) is 27.9 Å². The van der Waals surface area contributed by atoms with E-state index in [-0.39, 0.29) is 17.9 Å². The van der Waals surface area contributed by atoms with Gasteiger partial charge in [0.1, 0.15) is 5.76 Å². The first kappa shape index (κ1) is 17.5. The molecule has 1 rings (SSSR count). The highest BCUT2D eigenvalue weighted by Crippen LogP contribution is 2.29. The molecule has 0 saturated carbocycles. The minimum Gasteiger partial charge on any atom is -0.507 e. The number of carbonyl (C=O) groups is 2. The summed E-state index contributed by atoms with van der Waals surface area (Å²) in [6.07, 6.45) is -1.38. The first-order valence-corrected chi connectivity index (χ1v) is 6.21. The Bertz CT molecular complexity index is 598. The highest BCUT2D eigenvalue weighted by atomic mass is 19.4. The van der Waals surface area contributed by atoms with Crippen LogP contribution in [0.3, 0.4) is 0 Å². The molecule has 22 heavy (non-hydrogen) atoms. The molecule has 1 aromatic carbocycles. The van der Waals surface area contributed by atoms with Crippen LogP contribution in [0.15, 0.2) is 42.5 Å². The van der Waals surface area contributed by atoms with Gasteiger partial charge in [0.25, 0.3) is 5.78 Å². The summed E-state index contributed by atoms with van der Waals surface area (Å²) in [5.74, 6) is -2.28. The molecule has 1 aromatic rings. The molecule has 0 radical (unpaired) electrons. The lowest BCUT2D eigenvalue weighted by molar-refractivity contribution is -0.151. The molecule has 0 fully saturated rings. The number of carbonyl (C=O) groups excluding carboxylic acids is 2. The molecule has 118 valence electrons. The zero-order chi connectivity index (χ0) is 16.8. The topological polar surface area (TPSA) is 63.6 Å². The first-order valence-electron chi connectivity index (χ1n) is 6.21. The molecule has 0 heterocycles. The summed E-state index contributed by atoms with van der Waals surface area (Å²) in [5.41, 5.74) is -0.696. The van der Waals surface area contributed by atoms with Crippen molar-refractivity contribution in [3.05, 3.63) is 53.6 Å². The Labute approximate surface area is 124 Å². The fourth-order valence-electron chi connectivity index (χ4n) is 1.42. The van der Waals surface area contributed by atoms with E-state index < -0.39 is 23.5 Å². The van der Waals surface area contributed by atoms with E-state index >= 15 is 0 Å². The first-order chi connectivity index (χ1) is 10.3. The normalized spacial score (nSPS) is 12.5. The maximum Gasteiger partial charge on any atom is 0.416 e. The molecule has 0 unspecified atom stereocenters. The molecule has 0 amide bonds. The van der Waals surface area contributed by atoms with Crippen molar-refractivity contribution in [2.75, 3.05) is 6.61 Å². The number of hydrogen-bond acceptors (Lipinski definition) is 4. The van der Waals surface area contributed by atoms with Crippen molar-refractivity contribution >= 4 is 17.5 Å². The van der Waals surface area contributed by atoms with Crippen LogP contribution in [0.1, 0.15) is 18.1 Å². The molecular weight excluding hydrogens is 301 g/mol. The summed E-state index contributed by atoms with van der Waals surface area (Å²) in [4.78, 5) is 22.2. The van der Waals surface area contributed by atoms with Gasteiger partial charge in [0.15, 0.2) is 0 Å². The standard InChI is InChI=1S/C15H13F3O4/c1-2-22-14(21)13(20)5-3-4-12(19)10-6-8-11(9-7-10)15(16,17)18/h3-9,19H,2H2,1H3. The summed E-state index contributed by atoms with van der Waals surface area (Å²) in [6.45, 7) is 1.61. The number of esters is 1. The number of rotatable bonds is 5. The van der Waals surface area contributed by atoms with E-state index in [1.54, 1.807) is 6.92 Å². The van der Waals surface area contributed by atoms with Crippen molar-refractivity contribution in [2.45, 2.75) is 13.1 Å². The van der Waals surface area contributed by atoms with Crippen LogP contribution in [0.25, 0.3) is 5.76 Å². The number of ketones is 1. The van der Waals surface area contributed by atoms with Gasteiger partial charge in [-0.2, -0.15) is 13.2 Å². The van der Waals surface area contributed by atoms with E-state index in [0.717, 1.165) is 42.5 Å². The summed E-state index contributed by atoms with van der Waals surface area (Å²) >= 11 is 0. The van der Waals surface area contributed by atoms with Gasteiger partial charge in [0.05, 0.1) is 12.2 Å². The number of hydrogen-bond donors (Lipinski definition) is 1. The van der Waals surface area contributed by atoms with Crippen LogP contribution in [0.2, 0.25) is 0 Å². The van der Waals surface area contributed by atoms with E-state index in [1.807, 2.05) is 0 Å². The van der Waals surface area contributed by atoms with Gasteiger partial charge in [-0.3, -0.25) is 4.79 Å². The largest absolute Gasteiger partial charge is 0.507 e. The average Bonchev–Trinajstić information content (AvgIpc) is 2.46. The van der Waals surface area contributed by atoms with Gasteiger partial charge in [0.2, 0.25) is 0 Å². The number of aliphatic hydroxyl groups is 1. The average molecular weight is 314 g/mol. The Balaban J connectivity index is 2.77. The highest BCUT2D eigenvalue weighted by molar-refractivity contribution is 6.38. The third-order valence-electron chi connectivity index (χ3n) is 2.49. The number of alkyl halides is 3. The van der Waals surface area contributed by atoms with Crippen LogP contribution in [0.5, 0.6) is 0 Å². The minimum absolute atomic E-state index is 0.0606. The SMILES string of the molecule is CCOC(=O)C(=O)C=CC=C(O)c1ccc(C(F)(F)F)cc1. The van der Waals surface area contributed by atoms with Crippen LogP contribution in [-0.2, 0) is 20.5 Å².